The standard InChI is InChI=1S/Li.4H2O/h;4*1H2/q+1;;;;. The van der Waals surface area contributed by atoms with E-state index < -0.39 is 0 Å². The van der Waals surface area contributed by atoms with Gasteiger partial charge in [0.1, 0.15) is 0 Å². The van der Waals surface area contributed by atoms with Crippen molar-refractivity contribution in [3.63, 3.8) is 0 Å². The summed E-state index contributed by atoms with van der Waals surface area (Å²) in [5, 5.41) is 0. The van der Waals surface area contributed by atoms with E-state index in [2.05, 4.69) is 0 Å². The molecular weight excluding hydrogens is 70.9 g/mol. The van der Waals surface area contributed by atoms with Gasteiger partial charge in [-0.3, -0.25) is 0 Å². The van der Waals surface area contributed by atoms with Crippen molar-refractivity contribution in [1.82, 2.24) is 0 Å². The molecule has 0 rings (SSSR count). The van der Waals surface area contributed by atoms with Crippen molar-refractivity contribution < 1.29 is 40.8 Å². The van der Waals surface area contributed by atoms with Gasteiger partial charge in [0.15, 0.2) is 0 Å². The van der Waals surface area contributed by atoms with Crippen LogP contribution in [0.2, 0.25) is 0 Å². The van der Waals surface area contributed by atoms with Gasteiger partial charge in [0, 0.05) is 0 Å². The van der Waals surface area contributed by atoms with Gasteiger partial charge in [-0.05, 0) is 0 Å². The van der Waals surface area contributed by atoms with Gasteiger partial charge >= 0.3 is 18.9 Å². The fourth-order valence-electron chi connectivity index (χ4n) is 0. The minimum absolute atomic E-state index is 0. The van der Waals surface area contributed by atoms with Crippen LogP contribution in [0.1, 0.15) is 0 Å². The van der Waals surface area contributed by atoms with Gasteiger partial charge in [-0.15, -0.1) is 0 Å². The third kappa shape index (κ3) is 138. The van der Waals surface area contributed by atoms with Crippen molar-refractivity contribution in [2.24, 2.45) is 0 Å². The number of rotatable bonds is 0. The minimum Gasteiger partial charge on any atom is -0.412 e. The Morgan fingerprint density at radius 2 is 0.400 bits per heavy atom. The van der Waals surface area contributed by atoms with E-state index in [0.717, 1.165) is 0 Å². The molecule has 0 bridgehead atoms. The molecule has 0 atom stereocenters. The van der Waals surface area contributed by atoms with Gasteiger partial charge in [-0.25, -0.2) is 0 Å². The van der Waals surface area contributed by atoms with E-state index in [1.165, 1.54) is 0 Å². The van der Waals surface area contributed by atoms with Crippen molar-refractivity contribution in [2.45, 2.75) is 0 Å². The quantitative estimate of drug-likeness (QED) is 0.256. The van der Waals surface area contributed by atoms with Gasteiger partial charge in [0.05, 0.1) is 0 Å². The molecule has 0 amide bonds. The van der Waals surface area contributed by atoms with Gasteiger partial charge < -0.3 is 21.9 Å². The summed E-state index contributed by atoms with van der Waals surface area (Å²) in [6.07, 6.45) is 0. The maximum Gasteiger partial charge on any atom is 1.00 e. The fourth-order valence-corrected chi connectivity index (χ4v) is 0. The molecule has 0 aromatic carbocycles. The van der Waals surface area contributed by atoms with Crippen molar-refractivity contribution in [3.8, 4) is 0 Å². The molecule has 4 nitrogen and oxygen atoms in total. The first-order valence-corrected chi connectivity index (χ1v) is 0. The second-order valence-electron chi connectivity index (χ2n) is 0. The third-order valence-corrected chi connectivity index (χ3v) is 0. The average molecular weight is 79.0 g/mol. The molecule has 0 aromatic heterocycles. The molecule has 0 fully saturated rings. The largest absolute Gasteiger partial charge is 1.00 e. The Labute approximate surface area is 41.6 Å². The maximum atomic E-state index is 0. The SMILES string of the molecule is O.O.O.O.[Li+]. The molecule has 0 heterocycles. The zero-order valence-electron chi connectivity index (χ0n) is 3.00. The van der Waals surface area contributed by atoms with Crippen LogP contribution in [0.3, 0.4) is 0 Å². The summed E-state index contributed by atoms with van der Waals surface area (Å²) < 4.78 is 0. The molecule has 0 spiro atoms. The van der Waals surface area contributed by atoms with E-state index in [-0.39, 0.29) is 40.8 Å². The van der Waals surface area contributed by atoms with E-state index in [1.807, 2.05) is 0 Å². The van der Waals surface area contributed by atoms with Crippen molar-refractivity contribution in [1.29, 1.82) is 0 Å². The van der Waals surface area contributed by atoms with Crippen molar-refractivity contribution >= 4 is 0 Å². The van der Waals surface area contributed by atoms with E-state index in [4.69, 9.17) is 0 Å². The normalized spacial score (nSPS) is 0. The molecule has 0 aliphatic carbocycles. The van der Waals surface area contributed by atoms with Crippen LogP contribution in [-0.4, -0.2) is 21.9 Å². The van der Waals surface area contributed by atoms with E-state index >= 15 is 0 Å². The predicted molar refractivity (Wildman–Crippen MR) is 14.5 cm³/mol. The fraction of sp³-hybridized carbons (Fsp3) is 0. The maximum absolute atomic E-state index is 0. The van der Waals surface area contributed by atoms with Crippen LogP contribution in [0.25, 0.3) is 0 Å². The average Bonchev–Trinajstić information content (AvgIpc) is 0. The zero-order chi connectivity index (χ0) is 0. The molecule has 0 aromatic rings. The molecule has 0 unspecified atom stereocenters. The van der Waals surface area contributed by atoms with Gasteiger partial charge in [-0.2, -0.15) is 0 Å². The van der Waals surface area contributed by atoms with Gasteiger partial charge in [-0.1, -0.05) is 0 Å². The molecule has 0 radical (unpaired) electrons. The Bertz CT molecular complexity index is 3.61. The Kier molecular flexibility index (Phi) is 30700. The Hall–Kier alpha value is 0.437. The number of hydrogen-bond donors (Lipinski definition) is 0. The predicted octanol–water partition coefficient (Wildman–Crippen LogP) is -6.29. The van der Waals surface area contributed by atoms with Crippen LogP contribution in [-0.2, 0) is 0 Å². The summed E-state index contributed by atoms with van der Waals surface area (Å²) in [7, 11) is 0. The van der Waals surface area contributed by atoms with Crippen LogP contribution < -0.4 is 18.9 Å². The summed E-state index contributed by atoms with van der Waals surface area (Å²) in [4.78, 5) is 0. The Balaban J connectivity index is 0. The summed E-state index contributed by atoms with van der Waals surface area (Å²) in [6.45, 7) is 0. The first-order chi connectivity index (χ1) is 0. The molecule has 0 saturated carbocycles. The minimum atomic E-state index is 0. The van der Waals surface area contributed by atoms with Gasteiger partial charge in [0.25, 0.3) is 0 Å². The van der Waals surface area contributed by atoms with Crippen LogP contribution in [0, 0.1) is 0 Å². The summed E-state index contributed by atoms with van der Waals surface area (Å²) >= 11 is 0. The first kappa shape index (κ1) is 560. The summed E-state index contributed by atoms with van der Waals surface area (Å²) in [5.74, 6) is 0. The van der Waals surface area contributed by atoms with E-state index in [1.54, 1.807) is 0 Å². The van der Waals surface area contributed by atoms with Crippen LogP contribution in [0.15, 0.2) is 0 Å². The van der Waals surface area contributed by atoms with Crippen LogP contribution in [0.5, 0.6) is 0 Å². The summed E-state index contributed by atoms with van der Waals surface area (Å²) in [5.41, 5.74) is 0. The molecule has 5 heteroatoms. The second kappa shape index (κ2) is 274. The molecular formula is H8LiO4+. The van der Waals surface area contributed by atoms with Crippen molar-refractivity contribution in [3.05, 3.63) is 0 Å². The smallest absolute Gasteiger partial charge is 0.412 e. The third-order valence-electron chi connectivity index (χ3n) is 0. The molecule has 0 aliphatic heterocycles. The molecule has 5 heavy (non-hydrogen) atoms. The van der Waals surface area contributed by atoms with Gasteiger partial charge in [0.2, 0.25) is 0 Å². The first-order valence-electron chi connectivity index (χ1n) is 0. The molecule has 0 aliphatic rings. The van der Waals surface area contributed by atoms with Crippen LogP contribution >= 0.6 is 0 Å². The van der Waals surface area contributed by atoms with Crippen LogP contribution in [0.4, 0.5) is 0 Å². The molecule has 8 N–H and O–H groups in total. The molecule has 0 saturated heterocycles. The zero-order valence-corrected chi connectivity index (χ0v) is 3.00. The van der Waals surface area contributed by atoms with E-state index in [0.29, 0.717) is 0 Å². The Morgan fingerprint density at radius 1 is 0.400 bits per heavy atom. The summed E-state index contributed by atoms with van der Waals surface area (Å²) in [6, 6.07) is 0. The molecule has 32 valence electrons. The number of hydrogen-bond acceptors (Lipinski definition) is 0. The second-order valence-corrected chi connectivity index (χ2v) is 0. The topological polar surface area (TPSA) is 126 Å². The van der Waals surface area contributed by atoms with Crippen molar-refractivity contribution in [2.75, 3.05) is 0 Å². The monoisotopic (exact) mass is 79.1 g/mol. The Morgan fingerprint density at radius 3 is 0.400 bits per heavy atom. The van der Waals surface area contributed by atoms with E-state index in [9.17, 15) is 0 Å².